The van der Waals surface area contributed by atoms with E-state index in [2.05, 4.69) is 0 Å². The Morgan fingerprint density at radius 3 is 2.31 bits per heavy atom. The second-order valence-electron chi connectivity index (χ2n) is 2.35. The summed E-state index contributed by atoms with van der Waals surface area (Å²) in [5.41, 5.74) is 4.72. The van der Waals surface area contributed by atoms with Gasteiger partial charge in [-0.15, -0.1) is 0 Å². The van der Waals surface area contributed by atoms with E-state index in [0.717, 1.165) is 6.07 Å². The molecule has 0 heterocycles. The van der Waals surface area contributed by atoms with E-state index in [1.807, 2.05) is 0 Å². The van der Waals surface area contributed by atoms with Gasteiger partial charge in [-0.05, 0) is 34.7 Å². The van der Waals surface area contributed by atoms with Crippen LogP contribution in [0, 0.1) is 3.57 Å². The summed E-state index contributed by atoms with van der Waals surface area (Å²) in [5.74, 6) is 0. The third-order valence-electron chi connectivity index (χ3n) is 1.39. The van der Waals surface area contributed by atoms with Crippen molar-refractivity contribution in [1.29, 1.82) is 0 Å². The third kappa shape index (κ3) is 2.40. The minimum atomic E-state index is -4.38. The number of nitrogen functional groups attached to an aromatic ring is 1. The third-order valence-corrected chi connectivity index (χ3v) is 2.61. The minimum Gasteiger partial charge on any atom is -0.397 e. The predicted octanol–water partition coefficient (Wildman–Crippen LogP) is 3.55. The molecule has 72 valence electrons. The highest BCUT2D eigenvalue weighted by Gasteiger charge is 2.33. The Bertz CT molecular complexity index is 337. The molecule has 0 aromatic heterocycles. The zero-order valence-electron chi connectivity index (χ0n) is 6.12. The van der Waals surface area contributed by atoms with E-state index in [1.54, 1.807) is 22.6 Å². The van der Waals surface area contributed by atoms with Crippen molar-refractivity contribution in [3.8, 4) is 0 Å². The van der Waals surface area contributed by atoms with Crippen LogP contribution in [0.2, 0.25) is 5.02 Å². The van der Waals surface area contributed by atoms with E-state index < -0.39 is 11.7 Å². The first-order valence-electron chi connectivity index (χ1n) is 3.14. The van der Waals surface area contributed by atoms with Crippen molar-refractivity contribution < 1.29 is 13.2 Å². The molecule has 0 radical (unpaired) electrons. The van der Waals surface area contributed by atoms with Gasteiger partial charge in [0, 0.05) is 3.57 Å². The Morgan fingerprint density at radius 1 is 1.31 bits per heavy atom. The number of hydrogen-bond donors (Lipinski definition) is 1. The number of nitrogens with two attached hydrogens (primary N) is 1. The monoisotopic (exact) mass is 321 g/mol. The molecule has 0 aliphatic carbocycles. The molecule has 13 heavy (non-hydrogen) atoms. The average molecular weight is 321 g/mol. The first-order chi connectivity index (χ1) is 5.82. The van der Waals surface area contributed by atoms with Crippen molar-refractivity contribution in [2.75, 3.05) is 5.73 Å². The molecular formula is C7H4ClF3IN. The number of hydrogen-bond acceptors (Lipinski definition) is 1. The Kier molecular flexibility index (Phi) is 2.96. The van der Waals surface area contributed by atoms with Gasteiger partial charge in [0.2, 0.25) is 0 Å². The van der Waals surface area contributed by atoms with E-state index in [9.17, 15) is 13.2 Å². The summed E-state index contributed by atoms with van der Waals surface area (Å²) in [6.45, 7) is 0. The Hall–Kier alpha value is -0.170. The molecule has 0 amide bonds. The van der Waals surface area contributed by atoms with Gasteiger partial charge in [0.25, 0.3) is 0 Å². The molecular weight excluding hydrogens is 317 g/mol. The van der Waals surface area contributed by atoms with Crippen LogP contribution in [0.5, 0.6) is 0 Å². The van der Waals surface area contributed by atoms with Gasteiger partial charge in [0.15, 0.2) is 0 Å². The van der Waals surface area contributed by atoms with Gasteiger partial charge in [-0.2, -0.15) is 13.2 Å². The smallest absolute Gasteiger partial charge is 0.397 e. The second-order valence-corrected chi connectivity index (χ2v) is 3.92. The highest BCUT2D eigenvalue weighted by molar-refractivity contribution is 14.1. The fraction of sp³-hybridized carbons (Fsp3) is 0.143. The normalized spacial score (nSPS) is 11.8. The summed E-state index contributed by atoms with van der Waals surface area (Å²) in [7, 11) is 0. The van der Waals surface area contributed by atoms with E-state index in [0.29, 0.717) is 0 Å². The molecule has 0 spiro atoms. The predicted molar refractivity (Wildman–Crippen MR) is 53.6 cm³/mol. The van der Waals surface area contributed by atoms with Crippen LogP contribution in [0.15, 0.2) is 12.1 Å². The largest absolute Gasteiger partial charge is 0.417 e. The quantitative estimate of drug-likeness (QED) is 0.574. The summed E-state index contributed by atoms with van der Waals surface area (Å²) in [5, 5.41) is -0.0762. The average Bonchev–Trinajstić information content (AvgIpc) is 1.94. The summed E-state index contributed by atoms with van der Waals surface area (Å²) in [4.78, 5) is 0. The molecule has 1 rings (SSSR count). The lowest BCUT2D eigenvalue weighted by atomic mass is 10.2. The summed E-state index contributed by atoms with van der Waals surface area (Å²) in [6.07, 6.45) is -4.38. The Morgan fingerprint density at radius 2 is 1.85 bits per heavy atom. The molecule has 0 aliphatic heterocycles. The lowest BCUT2D eigenvalue weighted by molar-refractivity contribution is -0.138. The molecule has 0 fully saturated rings. The molecule has 0 atom stereocenters. The van der Waals surface area contributed by atoms with Crippen LogP contribution >= 0.6 is 34.2 Å². The van der Waals surface area contributed by atoms with Crippen molar-refractivity contribution in [2.24, 2.45) is 0 Å². The number of halogens is 5. The second kappa shape index (κ2) is 3.53. The lowest BCUT2D eigenvalue weighted by Crippen LogP contribution is -2.08. The van der Waals surface area contributed by atoms with Crippen molar-refractivity contribution in [3.63, 3.8) is 0 Å². The van der Waals surface area contributed by atoms with Gasteiger partial charge in [-0.3, -0.25) is 0 Å². The van der Waals surface area contributed by atoms with Crippen molar-refractivity contribution >= 4 is 39.9 Å². The van der Waals surface area contributed by atoms with Crippen LogP contribution < -0.4 is 5.73 Å². The Labute approximate surface area is 91.2 Å². The summed E-state index contributed by atoms with van der Waals surface area (Å²) >= 11 is 7.03. The van der Waals surface area contributed by atoms with Crippen LogP contribution in [0.1, 0.15) is 5.56 Å². The Balaban J connectivity index is 3.32. The highest BCUT2D eigenvalue weighted by Crippen LogP contribution is 2.36. The van der Waals surface area contributed by atoms with Crippen LogP contribution in [0.25, 0.3) is 0 Å². The molecule has 1 aromatic carbocycles. The topological polar surface area (TPSA) is 26.0 Å². The van der Waals surface area contributed by atoms with Crippen LogP contribution in [0.3, 0.4) is 0 Å². The lowest BCUT2D eigenvalue weighted by Gasteiger charge is -2.10. The number of rotatable bonds is 0. The standard InChI is InChI=1S/C7H4ClF3IN/c8-4-1-3(7(9,10)11)5(12)2-6(4)13/h1-2H,13H2. The van der Waals surface area contributed by atoms with Gasteiger partial charge in [0.1, 0.15) is 0 Å². The van der Waals surface area contributed by atoms with Crippen LogP contribution in [-0.2, 0) is 6.18 Å². The van der Waals surface area contributed by atoms with E-state index in [-0.39, 0.29) is 14.3 Å². The number of anilines is 1. The molecule has 6 heteroatoms. The molecule has 2 N–H and O–H groups in total. The van der Waals surface area contributed by atoms with Gasteiger partial charge in [-0.1, -0.05) is 11.6 Å². The molecule has 0 unspecified atom stereocenters. The molecule has 0 saturated heterocycles. The van der Waals surface area contributed by atoms with Crippen LogP contribution in [0.4, 0.5) is 18.9 Å². The van der Waals surface area contributed by atoms with Crippen molar-refractivity contribution in [2.45, 2.75) is 6.18 Å². The highest BCUT2D eigenvalue weighted by atomic mass is 127. The zero-order valence-corrected chi connectivity index (χ0v) is 9.04. The van der Waals surface area contributed by atoms with Gasteiger partial charge in [0.05, 0.1) is 16.3 Å². The van der Waals surface area contributed by atoms with Crippen molar-refractivity contribution in [3.05, 3.63) is 26.3 Å². The molecule has 1 nitrogen and oxygen atoms in total. The maximum Gasteiger partial charge on any atom is 0.417 e. The first kappa shape index (κ1) is 10.9. The number of benzene rings is 1. The fourth-order valence-corrected chi connectivity index (χ4v) is 1.74. The van der Waals surface area contributed by atoms with Gasteiger partial charge in [-0.25, -0.2) is 0 Å². The van der Waals surface area contributed by atoms with E-state index in [4.69, 9.17) is 17.3 Å². The SMILES string of the molecule is Nc1cc(I)c(C(F)(F)F)cc1Cl. The fourth-order valence-electron chi connectivity index (χ4n) is 0.779. The summed E-state index contributed by atoms with van der Waals surface area (Å²) in [6, 6.07) is 2.03. The van der Waals surface area contributed by atoms with Gasteiger partial charge >= 0.3 is 6.18 Å². The maximum absolute atomic E-state index is 12.3. The van der Waals surface area contributed by atoms with E-state index in [1.165, 1.54) is 6.07 Å². The molecule has 0 aliphatic rings. The zero-order chi connectivity index (χ0) is 10.2. The van der Waals surface area contributed by atoms with Gasteiger partial charge < -0.3 is 5.73 Å². The summed E-state index contributed by atoms with van der Waals surface area (Å²) < 4.78 is 36.8. The molecule has 1 aromatic rings. The molecule has 0 saturated carbocycles. The van der Waals surface area contributed by atoms with Crippen molar-refractivity contribution in [1.82, 2.24) is 0 Å². The maximum atomic E-state index is 12.3. The number of alkyl halides is 3. The van der Waals surface area contributed by atoms with E-state index >= 15 is 0 Å². The molecule has 0 bridgehead atoms. The minimum absolute atomic E-state index is 0.0481. The first-order valence-corrected chi connectivity index (χ1v) is 4.60. The van der Waals surface area contributed by atoms with Crippen LogP contribution in [-0.4, -0.2) is 0 Å².